The largest absolute Gasteiger partial charge is 0.476 e. The highest BCUT2D eigenvalue weighted by molar-refractivity contribution is 5.86. The fourth-order valence-corrected chi connectivity index (χ4v) is 1.80. The molecule has 0 bridgehead atoms. The number of benzene rings is 1. The minimum Gasteiger partial charge on any atom is -0.476 e. The maximum atomic E-state index is 13.2. The van der Waals surface area contributed by atoms with Crippen LogP contribution in [0, 0.1) is 5.82 Å². The topological polar surface area (TPSA) is 67.5 Å². The molecule has 19 heavy (non-hydrogen) atoms. The minimum absolute atomic E-state index is 0.0797. The number of fused-ring (bicyclic) bond motifs is 1. The van der Waals surface area contributed by atoms with Gasteiger partial charge in [-0.25, -0.2) is 18.7 Å². The van der Waals surface area contributed by atoms with Crippen LogP contribution in [0.3, 0.4) is 0 Å². The summed E-state index contributed by atoms with van der Waals surface area (Å²) in [6, 6.07) is 7.45. The van der Waals surface area contributed by atoms with Crippen LogP contribution in [-0.4, -0.2) is 25.7 Å². The molecule has 0 unspecified atom stereocenters. The van der Waals surface area contributed by atoms with Crippen LogP contribution >= 0.6 is 0 Å². The molecule has 1 aromatic carbocycles. The fraction of sp³-hybridized carbons (Fsp3) is 0. The molecule has 0 spiro atoms. The van der Waals surface area contributed by atoms with Crippen LogP contribution in [-0.2, 0) is 0 Å². The van der Waals surface area contributed by atoms with E-state index in [2.05, 4.69) is 10.1 Å². The Morgan fingerprint density at radius 3 is 2.84 bits per heavy atom. The van der Waals surface area contributed by atoms with Gasteiger partial charge in [0, 0.05) is 24.0 Å². The molecule has 0 aliphatic carbocycles. The van der Waals surface area contributed by atoms with Gasteiger partial charge >= 0.3 is 5.97 Å². The molecule has 94 valence electrons. The van der Waals surface area contributed by atoms with Gasteiger partial charge in [0.15, 0.2) is 11.3 Å². The lowest BCUT2D eigenvalue weighted by Gasteiger charge is -2.01. The van der Waals surface area contributed by atoms with Crippen molar-refractivity contribution in [1.82, 2.24) is 14.6 Å². The van der Waals surface area contributed by atoms with E-state index in [0.29, 0.717) is 16.8 Å². The minimum atomic E-state index is -1.11. The Kier molecular flexibility index (Phi) is 2.49. The van der Waals surface area contributed by atoms with E-state index >= 15 is 0 Å². The molecule has 6 heteroatoms. The molecular weight excluding hydrogens is 249 g/mol. The summed E-state index contributed by atoms with van der Waals surface area (Å²) in [5, 5.41) is 12.7. The van der Waals surface area contributed by atoms with Crippen molar-refractivity contribution < 1.29 is 14.3 Å². The first-order valence-electron chi connectivity index (χ1n) is 5.48. The van der Waals surface area contributed by atoms with Crippen molar-refractivity contribution in [3.63, 3.8) is 0 Å². The fourth-order valence-electron chi connectivity index (χ4n) is 1.80. The van der Waals surface area contributed by atoms with Crippen molar-refractivity contribution >= 4 is 11.6 Å². The van der Waals surface area contributed by atoms with Crippen molar-refractivity contribution in [2.45, 2.75) is 0 Å². The molecule has 0 fully saturated rings. The number of aromatic nitrogens is 3. The van der Waals surface area contributed by atoms with Crippen molar-refractivity contribution in [1.29, 1.82) is 0 Å². The molecule has 2 aromatic heterocycles. The Labute approximate surface area is 107 Å². The van der Waals surface area contributed by atoms with Gasteiger partial charge in [0.1, 0.15) is 5.82 Å². The number of halogens is 1. The molecule has 0 aliphatic rings. The molecule has 0 atom stereocenters. The summed E-state index contributed by atoms with van der Waals surface area (Å²) >= 11 is 0. The molecule has 2 heterocycles. The number of nitrogens with zero attached hydrogens (tertiary/aromatic N) is 3. The molecule has 0 radical (unpaired) electrons. The molecule has 0 saturated carbocycles. The van der Waals surface area contributed by atoms with Gasteiger partial charge in [-0.3, -0.25) is 0 Å². The molecule has 0 saturated heterocycles. The third kappa shape index (κ3) is 2.03. The lowest BCUT2D eigenvalue weighted by atomic mass is 10.1. The summed E-state index contributed by atoms with van der Waals surface area (Å²) in [6.07, 6.45) is 3.17. The van der Waals surface area contributed by atoms with Gasteiger partial charge in [-0.1, -0.05) is 12.1 Å². The summed E-state index contributed by atoms with van der Waals surface area (Å²) in [5.41, 5.74) is 1.66. The highest BCUT2D eigenvalue weighted by Crippen LogP contribution is 2.19. The zero-order valence-electron chi connectivity index (χ0n) is 9.62. The van der Waals surface area contributed by atoms with Crippen molar-refractivity contribution in [2.24, 2.45) is 0 Å². The van der Waals surface area contributed by atoms with Crippen LogP contribution in [0.15, 0.2) is 42.7 Å². The number of rotatable bonds is 2. The van der Waals surface area contributed by atoms with Crippen LogP contribution in [0.5, 0.6) is 0 Å². The van der Waals surface area contributed by atoms with Gasteiger partial charge in [-0.15, -0.1) is 0 Å². The number of hydrogen-bond acceptors (Lipinski definition) is 3. The lowest BCUT2D eigenvalue weighted by Crippen LogP contribution is -1.97. The van der Waals surface area contributed by atoms with Gasteiger partial charge in [0.2, 0.25) is 0 Å². The van der Waals surface area contributed by atoms with E-state index in [1.165, 1.54) is 22.7 Å². The van der Waals surface area contributed by atoms with E-state index in [4.69, 9.17) is 5.11 Å². The molecule has 0 aliphatic heterocycles. The van der Waals surface area contributed by atoms with E-state index in [-0.39, 0.29) is 11.5 Å². The normalized spacial score (nSPS) is 10.8. The van der Waals surface area contributed by atoms with Gasteiger partial charge < -0.3 is 5.11 Å². The number of carbonyl (C=O) groups is 1. The predicted octanol–water partition coefficient (Wildman–Crippen LogP) is 2.23. The first-order valence-corrected chi connectivity index (χ1v) is 5.48. The number of carboxylic acids is 1. The first-order chi connectivity index (χ1) is 9.13. The number of aromatic carboxylic acids is 1. The van der Waals surface area contributed by atoms with Crippen molar-refractivity contribution in [3.8, 4) is 11.1 Å². The molecule has 3 rings (SSSR count). The Bertz CT molecular complexity index is 782. The van der Waals surface area contributed by atoms with Gasteiger partial charge in [0.05, 0.1) is 0 Å². The van der Waals surface area contributed by atoms with Crippen molar-refractivity contribution in [2.75, 3.05) is 0 Å². The lowest BCUT2D eigenvalue weighted by molar-refractivity contribution is 0.0690. The third-order valence-electron chi connectivity index (χ3n) is 2.69. The number of hydrogen-bond donors (Lipinski definition) is 1. The van der Waals surface area contributed by atoms with E-state index < -0.39 is 5.97 Å². The van der Waals surface area contributed by atoms with E-state index in [0.717, 1.165) is 0 Å². The second-order valence-electron chi connectivity index (χ2n) is 3.99. The highest BCUT2D eigenvalue weighted by Gasteiger charge is 2.10. The van der Waals surface area contributed by atoms with Crippen LogP contribution < -0.4 is 0 Å². The summed E-state index contributed by atoms with van der Waals surface area (Å²) < 4.78 is 14.5. The van der Waals surface area contributed by atoms with Gasteiger partial charge in [-0.05, 0) is 17.7 Å². The molecule has 5 nitrogen and oxygen atoms in total. The molecule has 0 amide bonds. The average Bonchev–Trinajstić information content (AvgIpc) is 2.81. The molecular formula is C13H8FN3O2. The van der Waals surface area contributed by atoms with E-state index in [9.17, 15) is 9.18 Å². The van der Waals surface area contributed by atoms with Gasteiger partial charge in [-0.2, -0.15) is 5.10 Å². The van der Waals surface area contributed by atoms with E-state index in [1.54, 1.807) is 24.5 Å². The maximum Gasteiger partial charge on any atom is 0.356 e. The predicted molar refractivity (Wildman–Crippen MR) is 65.3 cm³/mol. The second-order valence-corrected chi connectivity index (χ2v) is 3.99. The molecule has 3 aromatic rings. The average molecular weight is 257 g/mol. The third-order valence-corrected chi connectivity index (χ3v) is 2.69. The zero-order chi connectivity index (χ0) is 13.4. The monoisotopic (exact) mass is 257 g/mol. The van der Waals surface area contributed by atoms with Crippen LogP contribution in [0.4, 0.5) is 4.39 Å². The Morgan fingerprint density at radius 2 is 2.11 bits per heavy atom. The van der Waals surface area contributed by atoms with E-state index in [1.807, 2.05) is 0 Å². The first kappa shape index (κ1) is 11.3. The van der Waals surface area contributed by atoms with Crippen molar-refractivity contribution in [3.05, 3.63) is 54.2 Å². The smallest absolute Gasteiger partial charge is 0.356 e. The quantitative estimate of drug-likeness (QED) is 0.764. The summed E-state index contributed by atoms with van der Waals surface area (Å²) in [6.45, 7) is 0. The number of carboxylic acid groups (broad SMARTS) is 1. The van der Waals surface area contributed by atoms with Crippen LogP contribution in [0.25, 0.3) is 16.8 Å². The Balaban J connectivity index is 2.13. The summed E-state index contributed by atoms with van der Waals surface area (Å²) in [5.74, 6) is -1.46. The SMILES string of the molecule is O=C(O)c1cc2ncc(-c3cccc(F)c3)cn2n1. The summed E-state index contributed by atoms with van der Waals surface area (Å²) in [4.78, 5) is 14.9. The second kappa shape index (κ2) is 4.16. The van der Waals surface area contributed by atoms with Crippen LogP contribution in [0.1, 0.15) is 10.5 Å². The maximum absolute atomic E-state index is 13.2. The Morgan fingerprint density at radius 1 is 1.26 bits per heavy atom. The summed E-state index contributed by atoms with van der Waals surface area (Å²) in [7, 11) is 0. The Hall–Kier alpha value is -2.76. The molecule has 1 N–H and O–H groups in total. The zero-order valence-corrected chi connectivity index (χ0v) is 9.62. The van der Waals surface area contributed by atoms with Crippen LogP contribution in [0.2, 0.25) is 0 Å². The van der Waals surface area contributed by atoms with Gasteiger partial charge in [0.25, 0.3) is 0 Å². The standard InChI is InChI=1S/C13H8FN3O2/c14-10-3-1-2-8(4-10)9-6-15-12-5-11(13(18)19)16-17(12)7-9/h1-7H,(H,18,19). The highest BCUT2D eigenvalue weighted by atomic mass is 19.1.